The second-order valence-corrected chi connectivity index (χ2v) is 5.03. The number of carbonyl (C=O) groups is 1. The fraction of sp³-hybridized carbons (Fsp3) is 0.917. The predicted octanol–water partition coefficient (Wildman–Crippen LogP) is 2.09. The number of ketones is 1. The van der Waals surface area contributed by atoms with Gasteiger partial charge in [-0.05, 0) is 38.1 Å². The van der Waals surface area contributed by atoms with E-state index in [1.807, 2.05) is 0 Å². The van der Waals surface area contributed by atoms with E-state index < -0.39 is 0 Å². The summed E-state index contributed by atoms with van der Waals surface area (Å²) >= 11 is 0. The number of carbonyl (C=O) groups excluding carboxylic acids is 1. The Labute approximate surface area is 86.7 Å². The van der Waals surface area contributed by atoms with Crippen molar-refractivity contribution in [3.63, 3.8) is 0 Å². The minimum Gasteiger partial charge on any atom is -0.299 e. The normalized spacial score (nSPS) is 33.8. The molecular formula is C12H21NO. The molecule has 14 heavy (non-hydrogen) atoms. The van der Waals surface area contributed by atoms with E-state index in [0.717, 1.165) is 18.4 Å². The van der Waals surface area contributed by atoms with Crippen molar-refractivity contribution in [1.82, 2.24) is 4.90 Å². The summed E-state index contributed by atoms with van der Waals surface area (Å²) in [7, 11) is 0. The molecule has 1 aliphatic heterocycles. The molecule has 1 heterocycles. The van der Waals surface area contributed by atoms with Gasteiger partial charge in [0.05, 0.1) is 6.54 Å². The molecule has 1 saturated heterocycles. The Morgan fingerprint density at radius 3 is 2.64 bits per heavy atom. The maximum Gasteiger partial charge on any atom is 0.143 e. The molecule has 2 unspecified atom stereocenters. The summed E-state index contributed by atoms with van der Waals surface area (Å²) in [6.07, 6.45) is 7.03. The third kappa shape index (κ3) is 2.35. The number of Topliss-reactive ketones (excluding diaryl/α,β-unsaturated/α-hetero) is 1. The molecule has 0 radical (unpaired) electrons. The quantitative estimate of drug-likeness (QED) is 0.672. The first-order valence-corrected chi connectivity index (χ1v) is 5.97. The lowest BCUT2D eigenvalue weighted by molar-refractivity contribution is -0.118. The van der Waals surface area contributed by atoms with Crippen LogP contribution in [-0.4, -0.2) is 30.3 Å². The highest BCUT2D eigenvalue weighted by Crippen LogP contribution is 2.35. The van der Waals surface area contributed by atoms with Gasteiger partial charge in [0.1, 0.15) is 5.78 Å². The number of piperidine rings is 1. The lowest BCUT2D eigenvalue weighted by Gasteiger charge is -2.40. The summed E-state index contributed by atoms with van der Waals surface area (Å²) in [6.45, 7) is 4.72. The lowest BCUT2D eigenvalue weighted by Crippen LogP contribution is -2.43. The third-order valence-electron chi connectivity index (χ3n) is 3.82. The highest BCUT2D eigenvalue weighted by Gasteiger charge is 2.30. The lowest BCUT2D eigenvalue weighted by atomic mass is 9.75. The van der Waals surface area contributed by atoms with Gasteiger partial charge < -0.3 is 0 Å². The van der Waals surface area contributed by atoms with Gasteiger partial charge in [-0.25, -0.2) is 0 Å². The van der Waals surface area contributed by atoms with Crippen LogP contribution >= 0.6 is 0 Å². The van der Waals surface area contributed by atoms with Crippen LogP contribution in [0.3, 0.4) is 0 Å². The van der Waals surface area contributed by atoms with E-state index in [1.165, 1.54) is 38.6 Å². The smallest absolute Gasteiger partial charge is 0.143 e. The molecule has 0 aromatic carbocycles. The molecule has 2 rings (SSSR count). The van der Waals surface area contributed by atoms with Crippen LogP contribution in [0.2, 0.25) is 0 Å². The average Bonchev–Trinajstić information content (AvgIpc) is 2.17. The van der Waals surface area contributed by atoms with Crippen LogP contribution in [0.4, 0.5) is 0 Å². The zero-order chi connectivity index (χ0) is 9.97. The van der Waals surface area contributed by atoms with Crippen LogP contribution in [-0.2, 0) is 4.79 Å². The Morgan fingerprint density at radius 1 is 1.21 bits per heavy atom. The maximum absolute atomic E-state index is 11.0. The summed E-state index contributed by atoms with van der Waals surface area (Å²) in [5.41, 5.74) is 0. The summed E-state index contributed by atoms with van der Waals surface area (Å²) in [6, 6.07) is 0. The molecule has 0 amide bonds. The van der Waals surface area contributed by atoms with Crippen molar-refractivity contribution in [3.05, 3.63) is 0 Å². The van der Waals surface area contributed by atoms with Gasteiger partial charge in [-0.3, -0.25) is 9.69 Å². The van der Waals surface area contributed by atoms with Crippen molar-refractivity contribution in [2.24, 2.45) is 11.8 Å². The van der Waals surface area contributed by atoms with Crippen molar-refractivity contribution in [1.29, 1.82) is 0 Å². The first-order chi connectivity index (χ1) is 6.75. The van der Waals surface area contributed by atoms with Crippen molar-refractivity contribution in [2.75, 3.05) is 19.6 Å². The number of nitrogens with zero attached hydrogens (tertiary/aromatic N) is 1. The van der Waals surface area contributed by atoms with Gasteiger partial charge in [0.2, 0.25) is 0 Å². The van der Waals surface area contributed by atoms with E-state index in [-0.39, 0.29) is 0 Å². The largest absolute Gasteiger partial charge is 0.299 e. The molecule has 0 bridgehead atoms. The Morgan fingerprint density at radius 2 is 1.93 bits per heavy atom. The van der Waals surface area contributed by atoms with Crippen molar-refractivity contribution >= 4 is 5.78 Å². The maximum atomic E-state index is 11.0. The minimum atomic E-state index is 0.319. The highest BCUT2D eigenvalue weighted by molar-refractivity contribution is 5.77. The zero-order valence-corrected chi connectivity index (χ0v) is 9.17. The Balaban J connectivity index is 1.86. The fourth-order valence-electron chi connectivity index (χ4n) is 3.13. The molecule has 0 spiro atoms. The number of likely N-dealkylation sites (tertiary alicyclic amines) is 1. The van der Waals surface area contributed by atoms with E-state index in [9.17, 15) is 4.79 Å². The molecule has 2 aliphatic rings. The zero-order valence-electron chi connectivity index (χ0n) is 9.17. The van der Waals surface area contributed by atoms with Gasteiger partial charge >= 0.3 is 0 Å². The van der Waals surface area contributed by atoms with Crippen LogP contribution in [0.25, 0.3) is 0 Å². The van der Waals surface area contributed by atoms with Gasteiger partial charge in [-0.2, -0.15) is 0 Å². The summed E-state index contributed by atoms with van der Waals surface area (Å²) in [4.78, 5) is 13.4. The van der Waals surface area contributed by atoms with E-state index >= 15 is 0 Å². The third-order valence-corrected chi connectivity index (χ3v) is 3.82. The molecule has 1 saturated carbocycles. The molecule has 2 nitrogen and oxygen atoms in total. The second-order valence-electron chi connectivity index (χ2n) is 5.03. The standard InChI is InChI=1S/C12H21NO/c1-10(14)8-13-7-6-11-4-2-3-5-12(11)9-13/h11-12H,2-9H2,1H3. The van der Waals surface area contributed by atoms with E-state index in [0.29, 0.717) is 12.3 Å². The van der Waals surface area contributed by atoms with Gasteiger partial charge in [0, 0.05) is 6.54 Å². The number of fused-ring (bicyclic) bond motifs is 1. The van der Waals surface area contributed by atoms with E-state index in [2.05, 4.69) is 4.90 Å². The van der Waals surface area contributed by atoms with Gasteiger partial charge in [-0.15, -0.1) is 0 Å². The predicted molar refractivity (Wildman–Crippen MR) is 57.2 cm³/mol. The van der Waals surface area contributed by atoms with Crippen LogP contribution in [0, 0.1) is 11.8 Å². The average molecular weight is 195 g/mol. The molecule has 0 aromatic heterocycles. The SMILES string of the molecule is CC(=O)CN1CCC2CCCCC2C1. The van der Waals surface area contributed by atoms with Gasteiger partial charge in [0.25, 0.3) is 0 Å². The molecule has 1 aliphatic carbocycles. The summed E-state index contributed by atoms with van der Waals surface area (Å²) in [5, 5.41) is 0. The van der Waals surface area contributed by atoms with Gasteiger partial charge in [0.15, 0.2) is 0 Å². The molecule has 2 fully saturated rings. The summed E-state index contributed by atoms with van der Waals surface area (Å²) in [5.74, 6) is 2.20. The van der Waals surface area contributed by atoms with Gasteiger partial charge in [-0.1, -0.05) is 19.3 Å². The molecule has 2 atom stereocenters. The summed E-state index contributed by atoms with van der Waals surface area (Å²) < 4.78 is 0. The van der Waals surface area contributed by atoms with Crippen LogP contribution < -0.4 is 0 Å². The van der Waals surface area contributed by atoms with Crippen LogP contribution in [0.5, 0.6) is 0 Å². The molecular weight excluding hydrogens is 174 g/mol. The molecule has 80 valence electrons. The fourth-order valence-corrected chi connectivity index (χ4v) is 3.13. The van der Waals surface area contributed by atoms with E-state index in [1.54, 1.807) is 6.92 Å². The Bertz CT molecular complexity index is 214. The minimum absolute atomic E-state index is 0.319. The molecule has 0 N–H and O–H groups in total. The van der Waals surface area contributed by atoms with Crippen LogP contribution in [0.1, 0.15) is 39.0 Å². The highest BCUT2D eigenvalue weighted by atomic mass is 16.1. The van der Waals surface area contributed by atoms with E-state index in [4.69, 9.17) is 0 Å². The second kappa shape index (κ2) is 4.43. The number of hydrogen-bond donors (Lipinski definition) is 0. The number of rotatable bonds is 2. The topological polar surface area (TPSA) is 20.3 Å². The molecule has 0 aromatic rings. The Kier molecular flexibility index (Phi) is 3.22. The molecule has 2 heteroatoms. The van der Waals surface area contributed by atoms with Crippen molar-refractivity contribution in [3.8, 4) is 0 Å². The van der Waals surface area contributed by atoms with Crippen LogP contribution in [0.15, 0.2) is 0 Å². The Hall–Kier alpha value is -0.370. The van der Waals surface area contributed by atoms with Crippen molar-refractivity contribution < 1.29 is 4.79 Å². The first-order valence-electron chi connectivity index (χ1n) is 5.97. The number of hydrogen-bond acceptors (Lipinski definition) is 2. The first kappa shape index (κ1) is 10.2. The van der Waals surface area contributed by atoms with Crippen molar-refractivity contribution in [2.45, 2.75) is 39.0 Å². The monoisotopic (exact) mass is 195 g/mol.